The van der Waals surface area contributed by atoms with Crippen molar-refractivity contribution in [3.63, 3.8) is 0 Å². The molecule has 1 aliphatic rings. The van der Waals surface area contributed by atoms with Gasteiger partial charge in [-0.05, 0) is 59.4 Å². The topological polar surface area (TPSA) is 38.5 Å². The number of likely N-dealkylation sites (N-methyl/N-ethyl adjacent to an activating group) is 1. The highest BCUT2D eigenvalue weighted by atomic mass is 79.9. The Labute approximate surface area is 134 Å². The van der Waals surface area contributed by atoms with Crippen LogP contribution in [0.15, 0.2) is 22.7 Å². The molecule has 1 heterocycles. The van der Waals surface area contributed by atoms with Gasteiger partial charge in [0, 0.05) is 36.8 Å². The van der Waals surface area contributed by atoms with E-state index in [1.54, 1.807) is 0 Å². The zero-order valence-corrected chi connectivity index (χ0v) is 14.2. The van der Waals surface area contributed by atoms with Gasteiger partial charge in [0.2, 0.25) is 0 Å². The van der Waals surface area contributed by atoms with Crippen LogP contribution < -0.4 is 5.73 Å². The lowest BCUT2D eigenvalue weighted by atomic mass is 9.98. The molecule has 5 heteroatoms. The van der Waals surface area contributed by atoms with Crippen molar-refractivity contribution in [1.29, 1.82) is 0 Å². The van der Waals surface area contributed by atoms with Gasteiger partial charge in [0.05, 0.1) is 5.02 Å². The molecule has 20 heavy (non-hydrogen) atoms. The summed E-state index contributed by atoms with van der Waals surface area (Å²) in [7, 11) is 2.15. The van der Waals surface area contributed by atoms with Crippen molar-refractivity contribution in [2.45, 2.75) is 18.9 Å². The maximum atomic E-state index is 6.06. The summed E-state index contributed by atoms with van der Waals surface area (Å²) in [5, 5.41) is 0.733. The van der Waals surface area contributed by atoms with Gasteiger partial charge in [0.1, 0.15) is 0 Å². The first kappa shape index (κ1) is 16.2. The molecule has 0 aromatic heterocycles. The molecule has 0 amide bonds. The Hall–Kier alpha value is -0.130. The Bertz CT molecular complexity index is 438. The quantitative estimate of drug-likeness (QED) is 0.873. The highest BCUT2D eigenvalue weighted by molar-refractivity contribution is 9.10. The number of nitrogens with two attached hydrogens (primary N) is 1. The fourth-order valence-electron chi connectivity index (χ4n) is 2.75. The molecular weight excluding hydrogens is 340 g/mol. The Balaban J connectivity index is 2.03. The van der Waals surface area contributed by atoms with E-state index in [4.69, 9.17) is 22.1 Å². The van der Waals surface area contributed by atoms with E-state index < -0.39 is 0 Å². The first-order chi connectivity index (χ1) is 9.61. The van der Waals surface area contributed by atoms with Crippen LogP contribution >= 0.6 is 27.5 Å². The van der Waals surface area contributed by atoms with Crippen molar-refractivity contribution in [3.8, 4) is 0 Å². The Morgan fingerprint density at radius 3 is 2.75 bits per heavy atom. The second kappa shape index (κ2) is 7.76. The molecule has 1 saturated heterocycles. The minimum Gasteiger partial charge on any atom is -0.381 e. The molecule has 3 nitrogen and oxygen atoms in total. The molecule has 0 saturated carbocycles. The number of ether oxygens (including phenoxy) is 1. The summed E-state index contributed by atoms with van der Waals surface area (Å²) in [4.78, 5) is 2.35. The minimum atomic E-state index is 0.228. The summed E-state index contributed by atoms with van der Waals surface area (Å²) in [5.74, 6) is 0.707. The average Bonchev–Trinajstić information content (AvgIpc) is 2.44. The lowest BCUT2D eigenvalue weighted by Gasteiger charge is -2.32. The number of benzene rings is 1. The summed E-state index contributed by atoms with van der Waals surface area (Å²) in [6, 6.07) is 6.28. The summed E-state index contributed by atoms with van der Waals surface area (Å²) < 4.78 is 6.34. The fraction of sp³-hybridized carbons (Fsp3) is 0.600. The molecular formula is C15H22BrClN2O. The van der Waals surface area contributed by atoms with E-state index in [0.29, 0.717) is 12.5 Å². The molecule has 112 valence electrons. The predicted molar refractivity (Wildman–Crippen MR) is 87.1 cm³/mol. The number of hydrogen-bond donors (Lipinski definition) is 1. The Morgan fingerprint density at radius 1 is 1.45 bits per heavy atom. The molecule has 1 atom stereocenters. The van der Waals surface area contributed by atoms with E-state index in [1.165, 1.54) is 5.56 Å². The van der Waals surface area contributed by atoms with Crippen molar-refractivity contribution in [2.75, 3.05) is 33.4 Å². The maximum absolute atomic E-state index is 6.06. The minimum absolute atomic E-state index is 0.228. The van der Waals surface area contributed by atoms with Crippen LogP contribution in [0, 0.1) is 5.92 Å². The summed E-state index contributed by atoms with van der Waals surface area (Å²) >= 11 is 9.54. The monoisotopic (exact) mass is 360 g/mol. The molecule has 1 aromatic rings. The van der Waals surface area contributed by atoms with Crippen LogP contribution in [0.1, 0.15) is 24.4 Å². The van der Waals surface area contributed by atoms with E-state index in [-0.39, 0.29) is 6.04 Å². The lowest BCUT2D eigenvalue weighted by Crippen LogP contribution is -2.36. The number of nitrogens with zero attached hydrogens (tertiary/aromatic N) is 1. The predicted octanol–water partition coefficient (Wildman–Crippen LogP) is 3.46. The molecule has 0 bridgehead atoms. The van der Waals surface area contributed by atoms with Crippen LogP contribution in [0.5, 0.6) is 0 Å². The smallest absolute Gasteiger partial charge is 0.0548 e. The van der Waals surface area contributed by atoms with Crippen molar-refractivity contribution in [3.05, 3.63) is 33.3 Å². The van der Waals surface area contributed by atoms with Crippen molar-refractivity contribution < 1.29 is 4.74 Å². The van der Waals surface area contributed by atoms with E-state index in [1.807, 2.05) is 6.07 Å². The molecule has 1 unspecified atom stereocenters. The van der Waals surface area contributed by atoms with Crippen molar-refractivity contribution >= 4 is 27.5 Å². The number of rotatable bonds is 5. The highest BCUT2D eigenvalue weighted by Crippen LogP contribution is 2.29. The first-order valence-electron chi connectivity index (χ1n) is 7.04. The van der Waals surface area contributed by atoms with Crippen LogP contribution in [-0.4, -0.2) is 38.3 Å². The Kier molecular flexibility index (Phi) is 6.30. The van der Waals surface area contributed by atoms with Gasteiger partial charge >= 0.3 is 0 Å². The fourth-order valence-corrected chi connectivity index (χ4v) is 3.27. The first-order valence-corrected chi connectivity index (χ1v) is 8.22. The van der Waals surface area contributed by atoms with Gasteiger partial charge in [-0.2, -0.15) is 0 Å². The van der Waals surface area contributed by atoms with Gasteiger partial charge in [-0.3, -0.25) is 4.90 Å². The van der Waals surface area contributed by atoms with Crippen molar-refractivity contribution in [1.82, 2.24) is 4.90 Å². The van der Waals surface area contributed by atoms with Gasteiger partial charge in [-0.15, -0.1) is 0 Å². The van der Waals surface area contributed by atoms with Crippen LogP contribution in [0.4, 0.5) is 0 Å². The van der Waals surface area contributed by atoms with E-state index in [0.717, 1.165) is 42.1 Å². The van der Waals surface area contributed by atoms with E-state index in [2.05, 4.69) is 40.0 Å². The third-order valence-electron chi connectivity index (χ3n) is 3.97. The van der Waals surface area contributed by atoms with Crippen molar-refractivity contribution in [2.24, 2.45) is 11.7 Å². The third kappa shape index (κ3) is 4.18. The largest absolute Gasteiger partial charge is 0.381 e. The molecule has 2 N–H and O–H groups in total. The summed E-state index contributed by atoms with van der Waals surface area (Å²) in [6.07, 6.45) is 2.29. The molecule has 2 rings (SSSR count). The average molecular weight is 362 g/mol. The van der Waals surface area contributed by atoms with Gasteiger partial charge in [-0.1, -0.05) is 17.7 Å². The van der Waals surface area contributed by atoms with Crippen LogP contribution in [0.3, 0.4) is 0 Å². The second-order valence-corrected chi connectivity index (χ2v) is 6.68. The van der Waals surface area contributed by atoms with Gasteiger partial charge < -0.3 is 10.5 Å². The van der Waals surface area contributed by atoms with Gasteiger partial charge in [-0.25, -0.2) is 0 Å². The zero-order chi connectivity index (χ0) is 14.5. The summed E-state index contributed by atoms with van der Waals surface area (Å²) in [6.45, 7) is 3.44. The van der Waals surface area contributed by atoms with Crippen LogP contribution in [0.25, 0.3) is 0 Å². The maximum Gasteiger partial charge on any atom is 0.0548 e. The van der Waals surface area contributed by atoms with Crippen LogP contribution in [-0.2, 0) is 4.74 Å². The van der Waals surface area contributed by atoms with E-state index in [9.17, 15) is 0 Å². The molecule has 1 fully saturated rings. The molecule has 1 aliphatic heterocycles. The van der Waals surface area contributed by atoms with Crippen LogP contribution in [0.2, 0.25) is 5.02 Å². The SMILES string of the molecule is CN(CC1CCOCC1)C(CN)c1ccc(Cl)c(Br)c1. The molecule has 0 spiro atoms. The normalized spacial score (nSPS) is 18.4. The molecule has 1 aromatic carbocycles. The number of halogens is 2. The second-order valence-electron chi connectivity index (χ2n) is 5.42. The van der Waals surface area contributed by atoms with E-state index >= 15 is 0 Å². The zero-order valence-electron chi connectivity index (χ0n) is 11.8. The Morgan fingerprint density at radius 2 is 2.15 bits per heavy atom. The standard InChI is InChI=1S/C15H22BrClN2O/c1-19(10-11-4-6-20-7-5-11)15(9-18)12-2-3-14(17)13(16)8-12/h2-3,8,11,15H,4-7,9-10,18H2,1H3. The molecule has 0 radical (unpaired) electrons. The number of hydrogen-bond acceptors (Lipinski definition) is 3. The van der Waals surface area contributed by atoms with Gasteiger partial charge in [0.25, 0.3) is 0 Å². The van der Waals surface area contributed by atoms with Gasteiger partial charge in [0.15, 0.2) is 0 Å². The third-order valence-corrected chi connectivity index (χ3v) is 5.18. The highest BCUT2D eigenvalue weighted by Gasteiger charge is 2.21. The lowest BCUT2D eigenvalue weighted by molar-refractivity contribution is 0.0507. The summed E-state index contributed by atoms with van der Waals surface area (Å²) in [5.41, 5.74) is 7.19. The molecule has 0 aliphatic carbocycles.